The van der Waals surface area contributed by atoms with Crippen molar-refractivity contribution in [3.05, 3.63) is 45.7 Å². The molecule has 0 saturated carbocycles. The second-order valence-electron chi connectivity index (χ2n) is 3.42. The van der Waals surface area contributed by atoms with E-state index in [2.05, 4.69) is 9.97 Å². The number of hydrogen-bond acceptors (Lipinski definition) is 4. The molecule has 0 aliphatic rings. The lowest BCUT2D eigenvalue weighted by Crippen LogP contribution is -2.02. The SMILES string of the molecule is Cc1nccc(C(O)c2csc(C)c2)n1. The van der Waals surface area contributed by atoms with E-state index in [1.54, 1.807) is 23.6 Å². The van der Waals surface area contributed by atoms with E-state index < -0.39 is 6.10 Å². The zero-order chi connectivity index (χ0) is 10.8. The van der Waals surface area contributed by atoms with Gasteiger partial charge in [0.05, 0.1) is 5.69 Å². The summed E-state index contributed by atoms with van der Waals surface area (Å²) < 4.78 is 0. The second-order valence-corrected chi connectivity index (χ2v) is 4.54. The number of nitrogens with zero attached hydrogens (tertiary/aromatic N) is 2. The van der Waals surface area contributed by atoms with Gasteiger partial charge in [0, 0.05) is 11.1 Å². The summed E-state index contributed by atoms with van der Waals surface area (Å²) in [5.74, 6) is 0.679. The van der Waals surface area contributed by atoms with E-state index in [9.17, 15) is 5.11 Å². The van der Waals surface area contributed by atoms with Crippen LogP contribution in [0.1, 0.15) is 28.1 Å². The molecule has 0 bridgehead atoms. The van der Waals surface area contributed by atoms with Crippen molar-refractivity contribution in [1.29, 1.82) is 0 Å². The lowest BCUT2D eigenvalue weighted by Gasteiger charge is -2.07. The molecule has 0 amide bonds. The van der Waals surface area contributed by atoms with E-state index in [1.807, 2.05) is 25.3 Å². The highest BCUT2D eigenvalue weighted by molar-refractivity contribution is 7.10. The topological polar surface area (TPSA) is 46.0 Å². The Bertz CT molecular complexity index is 467. The van der Waals surface area contributed by atoms with Gasteiger partial charge in [0.1, 0.15) is 11.9 Å². The molecule has 4 heteroatoms. The summed E-state index contributed by atoms with van der Waals surface area (Å²) in [4.78, 5) is 9.39. The molecule has 2 aromatic heterocycles. The Balaban J connectivity index is 2.32. The molecule has 3 nitrogen and oxygen atoms in total. The van der Waals surface area contributed by atoms with Crippen LogP contribution in [0.25, 0.3) is 0 Å². The summed E-state index contributed by atoms with van der Waals surface area (Å²) in [7, 11) is 0. The molecule has 0 fully saturated rings. The maximum absolute atomic E-state index is 10.0. The van der Waals surface area contributed by atoms with Gasteiger partial charge in [-0.3, -0.25) is 0 Å². The minimum atomic E-state index is -0.642. The third-order valence-corrected chi connectivity index (χ3v) is 3.02. The van der Waals surface area contributed by atoms with Crippen LogP contribution in [0.15, 0.2) is 23.7 Å². The Morgan fingerprint density at radius 3 is 2.80 bits per heavy atom. The molecule has 0 radical (unpaired) electrons. The summed E-state index contributed by atoms with van der Waals surface area (Å²) in [5.41, 5.74) is 1.55. The number of aliphatic hydroxyl groups is 1. The maximum atomic E-state index is 10.0. The number of aromatic nitrogens is 2. The van der Waals surface area contributed by atoms with Crippen LogP contribution in [0.3, 0.4) is 0 Å². The largest absolute Gasteiger partial charge is 0.382 e. The molecule has 0 aromatic carbocycles. The first-order valence-electron chi connectivity index (χ1n) is 4.69. The molecule has 15 heavy (non-hydrogen) atoms. The summed E-state index contributed by atoms with van der Waals surface area (Å²) in [5, 5.41) is 12.0. The smallest absolute Gasteiger partial charge is 0.125 e. The minimum absolute atomic E-state index is 0.642. The number of hydrogen-bond donors (Lipinski definition) is 1. The Hall–Kier alpha value is -1.26. The molecule has 1 unspecified atom stereocenters. The van der Waals surface area contributed by atoms with Gasteiger partial charge < -0.3 is 5.11 Å². The van der Waals surface area contributed by atoms with Crippen molar-refractivity contribution in [2.45, 2.75) is 20.0 Å². The van der Waals surface area contributed by atoms with Crippen LogP contribution < -0.4 is 0 Å². The molecule has 2 rings (SSSR count). The van der Waals surface area contributed by atoms with Gasteiger partial charge >= 0.3 is 0 Å². The summed E-state index contributed by atoms with van der Waals surface area (Å²) in [6.07, 6.45) is 1.02. The van der Waals surface area contributed by atoms with Crippen LogP contribution in [0.2, 0.25) is 0 Å². The van der Waals surface area contributed by atoms with E-state index in [1.165, 1.54) is 4.88 Å². The fraction of sp³-hybridized carbons (Fsp3) is 0.273. The summed E-state index contributed by atoms with van der Waals surface area (Å²) in [6.45, 7) is 3.83. The van der Waals surface area contributed by atoms with Crippen molar-refractivity contribution >= 4 is 11.3 Å². The predicted octanol–water partition coefficient (Wildman–Crippen LogP) is 2.24. The average molecular weight is 220 g/mol. The van der Waals surface area contributed by atoms with Crippen LogP contribution in [-0.4, -0.2) is 15.1 Å². The van der Waals surface area contributed by atoms with Gasteiger partial charge in [-0.2, -0.15) is 0 Å². The minimum Gasteiger partial charge on any atom is -0.382 e. The van der Waals surface area contributed by atoms with Gasteiger partial charge in [-0.1, -0.05) is 0 Å². The van der Waals surface area contributed by atoms with Crippen LogP contribution >= 0.6 is 11.3 Å². The van der Waals surface area contributed by atoms with Gasteiger partial charge in [0.2, 0.25) is 0 Å². The zero-order valence-electron chi connectivity index (χ0n) is 8.64. The molecule has 0 saturated heterocycles. The van der Waals surface area contributed by atoms with Crippen LogP contribution in [0.5, 0.6) is 0 Å². The van der Waals surface area contributed by atoms with Gasteiger partial charge in [-0.15, -0.1) is 11.3 Å². The average Bonchev–Trinajstić information content (AvgIpc) is 2.64. The van der Waals surface area contributed by atoms with E-state index in [4.69, 9.17) is 0 Å². The normalized spacial score (nSPS) is 12.7. The van der Waals surface area contributed by atoms with Crippen molar-refractivity contribution < 1.29 is 5.11 Å². The van der Waals surface area contributed by atoms with E-state index in [0.717, 1.165) is 5.56 Å². The van der Waals surface area contributed by atoms with E-state index in [-0.39, 0.29) is 0 Å². The van der Waals surface area contributed by atoms with Gasteiger partial charge in [-0.25, -0.2) is 9.97 Å². The van der Waals surface area contributed by atoms with Crippen LogP contribution in [-0.2, 0) is 0 Å². The van der Waals surface area contributed by atoms with Crippen molar-refractivity contribution in [2.75, 3.05) is 0 Å². The Labute approximate surface area is 92.5 Å². The molecule has 78 valence electrons. The molecule has 0 aliphatic heterocycles. The van der Waals surface area contributed by atoms with Gasteiger partial charge in [0.25, 0.3) is 0 Å². The highest BCUT2D eigenvalue weighted by atomic mass is 32.1. The fourth-order valence-electron chi connectivity index (χ4n) is 1.40. The summed E-state index contributed by atoms with van der Waals surface area (Å²) >= 11 is 1.63. The first-order chi connectivity index (χ1) is 7.16. The molecule has 1 N–H and O–H groups in total. The van der Waals surface area contributed by atoms with Gasteiger partial charge in [0.15, 0.2) is 0 Å². The predicted molar refractivity (Wildman–Crippen MR) is 59.9 cm³/mol. The third-order valence-electron chi connectivity index (χ3n) is 2.14. The van der Waals surface area contributed by atoms with E-state index in [0.29, 0.717) is 11.5 Å². The van der Waals surface area contributed by atoms with Crippen molar-refractivity contribution in [1.82, 2.24) is 9.97 Å². The quantitative estimate of drug-likeness (QED) is 0.844. The molecule has 2 aromatic rings. The number of aryl methyl sites for hydroxylation is 2. The second kappa shape index (κ2) is 4.08. The summed E-state index contributed by atoms with van der Waals surface area (Å²) in [6, 6.07) is 3.72. The lowest BCUT2D eigenvalue weighted by atomic mass is 10.1. The third kappa shape index (κ3) is 2.22. The molecular weight excluding hydrogens is 208 g/mol. The van der Waals surface area contributed by atoms with Crippen molar-refractivity contribution in [3.8, 4) is 0 Å². The molecule has 0 aliphatic carbocycles. The maximum Gasteiger partial charge on any atom is 0.125 e. The molecule has 1 atom stereocenters. The van der Waals surface area contributed by atoms with E-state index >= 15 is 0 Å². The van der Waals surface area contributed by atoms with Gasteiger partial charge in [-0.05, 0) is 36.9 Å². The van der Waals surface area contributed by atoms with Crippen LogP contribution in [0.4, 0.5) is 0 Å². The molecular formula is C11H12N2OS. The Morgan fingerprint density at radius 2 is 2.20 bits per heavy atom. The van der Waals surface area contributed by atoms with Crippen LogP contribution in [0, 0.1) is 13.8 Å². The first kappa shape index (κ1) is 10.3. The molecule has 0 spiro atoms. The zero-order valence-corrected chi connectivity index (χ0v) is 9.45. The number of thiophene rings is 1. The monoisotopic (exact) mass is 220 g/mol. The Morgan fingerprint density at radius 1 is 1.40 bits per heavy atom. The number of rotatable bonds is 2. The Kier molecular flexibility index (Phi) is 2.79. The highest BCUT2D eigenvalue weighted by Gasteiger charge is 2.13. The van der Waals surface area contributed by atoms with Crippen molar-refractivity contribution in [2.24, 2.45) is 0 Å². The molecule has 2 heterocycles. The first-order valence-corrected chi connectivity index (χ1v) is 5.57. The van der Waals surface area contributed by atoms with Crippen molar-refractivity contribution in [3.63, 3.8) is 0 Å². The lowest BCUT2D eigenvalue weighted by molar-refractivity contribution is 0.215. The highest BCUT2D eigenvalue weighted by Crippen LogP contribution is 2.24. The fourth-order valence-corrected chi connectivity index (χ4v) is 2.13. The standard InChI is InChI=1S/C11H12N2OS/c1-7-5-9(6-15-7)11(14)10-3-4-12-8(2)13-10/h3-6,11,14H,1-2H3. The number of aliphatic hydroxyl groups excluding tert-OH is 1.